The number of aliphatic hydroxyl groups is 1. The summed E-state index contributed by atoms with van der Waals surface area (Å²) in [6.45, 7) is 0.0628. The number of benzene rings is 2. The molecule has 0 spiro atoms. The Balaban J connectivity index is 2.37. The summed E-state index contributed by atoms with van der Waals surface area (Å²) in [7, 11) is 2.00. The van der Waals surface area contributed by atoms with Crippen LogP contribution >= 0.6 is 0 Å². The number of rotatable bonds is 3. The van der Waals surface area contributed by atoms with Crippen LogP contribution in [0.2, 0.25) is 0 Å². The smallest absolute Gasteiger partial charge is 0.0702 e. The highest BCUT2D eigenvalue weighted by Gasteiger charge is 2.06. The Morgan fingerprint density at radius 1 is 0.938 bits per heavy atom. The molecule has 2 rings (SSSR count). The third kappa shape index (κ3) is 2.07. The zero-order valence-corrected chi connectivity index (χ0v) is 9.30. The number of hydrogen-bond acceptors (Lipinski definition) is 2. The predicted octanol–water partition coefficient (Wildman–Crippen LogP) is 2.95. The van der Waals surface area contributed by atoms with Gasteiger partial charge in [-0.25, -0.2) is 0 Å². The Labute approximate surface area is 95.8 Å². The van der Waals surface area contributed by atoms with Gasteiger partial charge in [-0.1, -0.05) is 36.4 Å². The summed E-state index contributed by atoms with van der Waals surface area (Å²) < 4.78 is 0. The van der Waals surface area contributed by atoms with E-state index in [4.69, 9.17) is 0 Å². The second-order valence-electron chi connectivity index (χ2n) is 3.68. The van der Waals surface area contributed by atoms with Crippen molar-refractivity contribution in [1.82, 2.24) is 0 Å². The summed E-state index contributed by atoms with van der Waals surface area (Å²) in [6.07, 6.45) is 0. The van der Waals surface area contributed by atoms with Gasteiger partial charge in [0.2, 0.25) is 0 Å². The molecule has 82 valence electrons. The topological polar surface area (TPSA) is 23.5 Å². The molecule has 2 nitrogen and oxygen atoms in total. The average Bonchev–Trinajstić information content (AvgIpc) is 2.39. The van der Waals surface area contributed by atoms with E-state index in [1.165, 1.54) is 0 Å². The molecule has 0 aromatic heterocycles. The van der Waals surface area contributed by atoms with E-state index >= 15 is 0 Å². The first-order chi connectivity index (χ1) is 7.83. The zero-order chi connectivity index (χ0) is 11.4. The van der Waals surface area contributed by atoms with Crippen molar-refractivity contribution in [1.29, 1.82) is 0 Å². The van der Waals surface area contributed by atoms with Crippen molar-refractivity contribution >= 4 is 11.4 Å². The quantitative estimate of drug-likeness (QED) is 0.847. The fourth-order valence-corrected chi connectivity index (χ4v) is 1.76. The molecule has 0 aliphatic rings. The second-order valence-corrected chi connectivity index (χ2v) is 3.68. The van der Waals surface area contributed by atoms with E-state index in [9.17, 15) is 5.11 Å². The van der Waals surface area contributed by atoms with Gasteiger partial charge in [0.1, 0.15) is 0 Å². The van der Waals surface area contributed by atoms with Crippen molar-refractivity contribution in [2.45, 2.75) is 6.61 Å². The number of para-hydroxylation sites is 2. The molecule has 0 fully saturated rings. The van der Waals surface area contributed by atoms with Crippen molar-refractivity contribution in [3.8, 4) is 0 Å². The lowest BCUT2D eigenvalue weighted by atomic mass is 10.1. The molecular formula is C14H15NO. The molecule has 1 N–H and O–H groups in total. The van der Waals surface area contributed by atoms with E-state index in [1.54, 1.807) is 0 Å². The lowest BCUT2D eigenvalue weighted by Crippen LogP contribution is -2.11. The average molecular weight is 213 g/mol. The molecule has 0 heterocycles. The van der Waals surface area contributed by atoms with Crippen LogP contribution in [0.3, 0.4) is 0 Å². The largest absolute Gasteiger partial charge is 0.392 e. The maximum Gasteiger partial charge on any atom is 0.0702 e. The first-order valence-electron chi connectivity index (χ1n) is 5.30. The highest BCUT2D eigenvalue weighted by atomic mass is 16.3. The molecule has 2 aromatic carbocycles. The molecule has 0 aliphatic heterocycles. The van der Waals surface area contributed by atoms with Crippen LogP contribution in [0, 0.1) is 0 Å². The van der Waals surface area contributed by atoms with Crippen LogP contribution < -0.4 is 4.90 Å². The maximum absolute atomic E-state index is 9.29. The van der Waals surface area contributed by atoms with E-state index < -0.39 is 0 Å². The molecule has 2 aromatic rings. The Morgan fingerprint density at radius 2 is 1.56 bits per heavy atom. The zero-order valence-electron chi connectivity index (χ0n) is 9.30. The SMILES string of the molecule is CN(c1ccccc1)c1ccccc1CO. The van der Waals surface area contributed by atoms with Gasteiger partial charge in [-0.05, 0) is 18.2 Å². The minimum absolute atomic E-state index is 0.0628. The number of nitrogens with zero attached hydrogens (tertiary/aromatic N) is 1. The molecule has 0 unspecified atom stereocenters. The number of aliphatic hydroxyl groups excluding tert-OH is 1. The van der Waals surface area contributed by atoms with Gasteiger partial charge in [0.25, 0.3) is 0 Å². The summed E-state index contributed by atoms with van der Waals surface area (Å²) in [5.74, 6) is 0. The fraction of sp³-hybridized carbons (Fsp3) is 0.143. The van der Waals surface area contributed by atoms with Gasteiger partial charge in [-0.2, -0.15) is 0 Å². The summed E-state index contributed by atoms with van der Waals surface area (Å²) in [6, 6.07) is 18.0. The van der Waals surface area contributed by atoms with E-state index in [2.05, 4.69) is 4.90 Å². The molecule has 0 aliphatic carbocycles. The Hall–Kier alpha value is -1.80. The van der Waals surface area contributed by atoms with Crippen molar-refractivity contribution in [3.05, 3.63) is 60.2 Å². The first kappa shape index (κ1) is 10.7. The Bertz CT molecular complexity index is 453. The van der Waals surface area contributed by atoms with E-state index in [0.29, 0.717) is 0 Å². The second kappa shape index (κ2) is 4.81. The van der Waals surface area contributed by atoms with Gasteiger partial charge in [0.15, 0.2) is 0 Å². The van der Waals surface area contributed by atoms with Gasteiger partial charge in [0.05, 0.1) is 6.61 Å². The standard InChI is InChI=1S/C14H15NO/c1-15(13-8-3-2-4-9-13)14-10-6-5-7-12(14)11-16/h2-10,16H,11H2,1H3. The monoisotopic (exact) mass is 213 g/mol. The van der Waals surface area contributed by atoms with Crippen LogP contribution in [0.15, 0.2) is 54.6 Å². The molecule has 0 radical (unpaired) electrons. The molecule has 16 heavy (non-hydrogen) atoms. The van der Waals surface area contributed by atoms with Gasteiger partial charge in [-0.15, -0.1) is 0 Å². The van der Waals surface area contributed by atoms with Gasteiger partial charge < -0.3 is 10.0 Å². The van der Waals surface area contributed by atoms with Crippen molar-refractivity contribution in [3.63, 3.8) is 0 Å². The maximum atomic E-state index is 9.29. The predicted molar refractivity (Wildman–Crippen MR) is 66.9 cm³/mol. The van der Waals surface area contributed by atoms with Crippen LogP contribution in [0.4, 0.5) is 11.4 Å². The molecule has 0 bridgehead atoms. The summed E-state index contributed by atoms with van der Waals surface area (Å²) >= 11 is 0. The van der Waals surface area contributed by atoms with E-state index in [0.717, 1.165) is 16.9 Å². The fourth-order valence-electron chi connectivity index (χ4n) is 1.76. The van der Waals surface area contributed by atoms with Gasteiger partial charge >= 0.3 is 0 Å². The summed E-state index contributed by atoms with van der Waals surface area (Å²) in [5, 5.41) is 9.29. The highest BCUT2D eigenvalue weighted by Crippen LogP contribution is 2.26. The lowest BCUT2D eigenvalue weighted by Gasteiger charge is -2.21. The number of anilines is 2. The highest BCUT2D eigenvalue weighted by molar-refractivity contribution is 5.65. The minimum Gasteiger partial charge on any atom is -0.392 e. The van der Waals surface area contributed by atoms with Crippen LogP contribution in [-0.2, 0) is 6.61 Å². The Morgan fingerprint density at radius 3 is 2.25 bits per heavy atom. The number of hydrogen-bond donors (Lipinski definition) is 1. The summed E-state index contributed by atoms with van der Waals surface area (Å²) in [5.41, 5.74) is 3.09. The van der Waals surface area contributed by atoms with Gasteiger partial charge in [-0.3, -0.25) is 0 Å². The minimum atomic E-state index is 0.0628. The van der Waals surface area contributed by atoms with E-state index in [-0.39, 0.29) is 6.61 Å². The lowest BCUT2D eigenvalue weighted by molar-refractivity contribution is 0.282. The van der Waals surface area contributed by atoms with Crippen LogP contribution in [0.25, 0.3) is 0 Å². The molecule has 0 saturated heterocycles. The first-order valence-corrected chi connectivity index (χ1v) is 5.30. The normalized spacial score (nSPS) is 10.1. The third-order valence-electron chi connectivity index (χ3n) is 2.67. The van der Waals surface area contributed by atoms with Crippen LogP contribution in [0.1, 0.15) is 5.56 Å². The van der Waals surface area contributed by atoms with Crippen molar-refractivity contribution in [2.75, 3.05) is 11.9 Å². The van der Waals surface area contributed by atoms with Crippen molar-refractivity contribution in [2.24, 2.45) is 0 Å². The van der Waals surface area contributed by atoms with Crippen LogP contribution in [0.5, 0.6) is 0 Å². The van der Waals surface area contributed by atoms with Crippen molar-refractivity contribution < 1.29 is 5.11 Å². The summed E-state index contributed by atoms with van der Waals surface area (Å²) in [4.78, 5) is 2.07. The van der Waals surface area contributed by atoms with E-state index in [1.807, 2.05) is 61.6 Å². The molecule has 2 heteroatoms. The molecular weight excluding hydrogens is 198 g/mol. The van der Waals surface area contributed by atoms with Crippen LogP contribution in [-0.4, -0.2) is 12.2 Å². The Kier molecular flexibility index (Phi) is 3.22. The third-order valence-corrected chi connectivity index (χ3v) is 2.67. The molecule has 0 saturated carbocycles. The molecule has 0 atom stereocenters. The molecule has 0 amide bonds. The van der Waals surface area contributed by atoms with Gasteiger partial charge in [0, 0.05) is 24.0 Å².